The molecule has 1 heterocycles. The summed E-state index contributed by atoms with van der Waals surface area (Å²) in [6, 6.07) is 12.4. The smallest absolute Gasteiger partial charge is 0.0934 e. The summed E-state index contributed by atoms with van der Waals surface area (Å²) in [4.78, 5) is 9.65. The quantitative estimate of drug-likeness (QED) is 0.598. The lowest BCUT2D eigenvalue weighted by Crippen LogP contribution is -2.15. The predicted octanol–water partition coefficient (Wildman–Crippen LogP) is 4.64. The molecule has 2 aromatic carbocycles. The van der Waals surface area contributed by atoms with E-state index >= 15 is 0 Å². The summed E-state index contributed by atoms with van der Waals surface area (Å²) in [6.07, 6.45) is 1.02. The van der Waals surface area contributed by atoms with Crippen molar-refractivity contribution >= 4 is 22.1 Å². The molecule has 0 amide bonds. The Kier molecular flexibility index (Phi) is 2.97. The second-order valence-corrected chi connectivity index (χ2v) is 6.28. The van der Waals surface area contributed by atoms with Crippen LogP contribution in [0, 0.1) is 0 Å². The van der Waals surface area contributed by atoms with E-state index in [1.165, 1.54) is 11.1 Å². The maximum absolute atomic E-state index is 4.89. The largest absolute Gasteiger partial charge is 0.244 e. The van der Waals surface area contributed by atoms with E-state index in [0.717, 1.165) is 28.5 Å². The third-order valence-electron chi connectivity index (χ3n) is 3.73. The second-order valence-electron chi connectivity index (χ2n) is 6.28. The maximum atomic E-state index is 4.89. The predicted molar refractivity (Wildman–Crippen MR) is 85.1 cm³/mol. The Morgan fingerprint density at radius 1 is 0.850 bits per heavy atom. The van der Waals surface area contributed by atoms with Crippen LogP contribution in [-0.2, 0) is 11.8 Å². The van der Waals surface area contributed by atoms with Crippen molar-refractivity contribution in [2.24, 2.45) is 0 Å². The van der Waals surface area contributed by atoms with Gasteiger partial charge in [0.1, 0.15) is 0 Å². The number of aryl methyl sites for hydroxylation is 1. The average molecular weight is 264 g/mol. The highest BCUT2D eigenvalue weighted by Gasteiger charge is 2.22. The van der Waals surface area contributed by atoms with Gasteiger partial charge in [-0.1, -0.05) is 45.9 Å². The fraction of sp³-hybridized carbons (Fsp3) is 0.333. The van der Waals surface area contributed by atoms with Gasteiger partial charge in [-0.15, -0.1) is 0 Å². The molecule has 2 heteroatoms. The van der Waals surface area contributed by atoms with Gasteiger partial charge in [0.2, 0.25) is 0 Å². The van der Waals surface area contributed by atoms with Gasteiger partial charge in [-0.05, 0) is 41.2 Å². The molecule has 0 aliphatic rings. The van der Waals surface area contributed by atoms with Crippen molar-refractivity contribution in [3.05, 3.63) is 47.5 Å². The van der Waals surface area contributed by atoms with E-state index in [1.54, 1.807) is 0 Å². The number of rotatable bonds is 1. The Hall–Kier alpha value is -1.96. The summed E-state index contributed by atoms with van der Waals surface area (Å²) in [6.45, 7) is 8.94. The number of fused-ring (bicyclic) bond motifs is 2. The first-order valence-electron chi connectivity index (χ1n) is 7.19. The highest BCUT2D eigenvalue weighted by atomic mass is 14.8. The van der Waals surface area contributed by atoms with E-state index in [2.05, 4.69) is 39.8 Å². The van der Waals surface area contributed by atoms with Crippen LogP contribution < -0.4 is 0 Å². The molecule has 3 rings (SSSR count). The molecule has 0 unspecified atom stereocenters. The Bertz CT molecular complexity index is 782. The molecular formula is C18H20N2. The highest BCUT2D eigenvalue weighted by Crippen LogP contribution is 2.32. The van der Waals surface area contributed by atoms with E-state index in [9.17, 15) is 0 Å². The summed E-state index contributed by atoms with van der Waals surface area (Å²) >= 11 is 0. The van der Waals surface area contributed by atoms with Crippen LogP contribution >= 0.6 is 0 Å². The monoisotopic (exact) mass is 264 g/mol. The van der Waals surface area contributed by atoms with Crippen molar-refractivity contribution in [2.75, 3.05) is 0 Å². The number of hydrogen-bond donors (Lipinski definition) is 0. The second kappa shape index (κ2) is 4.55. The summed E-state index contributed by atoms with van der Waals surface area (Å²) in [5.74, 6) is 0. The van der Waals surface area contributed by atoms with Gasteiger partial charge in [0.05, 0.1) is 22.1 Å². The third-order valence-corrected chi connectivity index (χ3v) is 3.73. The van der Waals surface area contributed by atoms with Gasteiger partial charge in [-0.2, -0.15) is 0 Å². The third kappa shape index (κ3) is 2.05. The number of benzene rings is 2. The van der Waals surface area contributed by atoms with Gasteiger partial charge >= 0.3 is 0 Å². The SMILES string of the molecule is CCc1ccc2nc3ccccc3nc2c1C(C)(C)C. The summed E-state index contributed by atoms with van der Waals surface area (Å²) in [5.41, 5.74) is 6.75. The van der Waals surface area contributed by atoms with Crippen LogP contribution in [0.25, 0.3) is 22.1 Å². The summed E-state index contributed by atoms with van der Waals surface area (Å²) in [5, 5.41) is 0. The standard InChI is InChI=1S/C18H20N2/c1-5-12-10-11-15-17(16(12)18(2,3)4)20-14-9-7-6-8-13(14)19-15/h6-11H,5H2,1-4H3. The van der Waals surface area contributed by atoms with Crippen molar-refractivity contribution in [3.63, 3.8) is 0 Å². The van der Waals surface area contributed by atoms with Crippen molar-refractivity contribution in [2.45, 2.75) is 39.5 Å². The molecule has 0 aliphatic heterocycles. The van der Waals surface area contributed by atoms with Crippen LogP contribution in [0.4, 0.5) is 0 Å². The van der Waals surface area contributed by atoms with E-state index in [-0.39, 0.29) is 5.41 Å². The molecule has 0 bridgehead atoms. The fourth-order valence-corrected chi connectivity index (χ4v) is 2.86. The minimum atomic E-state index is 0.0714. The molecule has 3 aromatic rings. The van der Waals surface area contributed by atoms with Gasteiger partial charge in [0.15, 0.2) is 0 Å². The van der Waals surface area contributed by atoms with Crippen molar-refractivity contribution in [1.29, 1.82) is 0 Å². The van der Waals surface area contributed by atoms with Crippen LogP contribution in [0.2, 0.25) is 0 Å². The van der Waals surface area contributed by atoms with Crippen molar-refractivity contribution in [1.82, 2.24) is 9.97 Å². The molecule has 0 N–H and O–H groups in total. The average Bonchev–Trinajstić information content (AvgIpc) is 2.42. The van der Waals surface area contributed by atoms with Crippen LogP contribution in [-0.4, -0.2) is 9.97 Å². The van der Waals surface area contributed by atoms with Gasteiger partial charge < -0.3 is 0 Å². The normalized spacial score (nSPS) is 12.2. The van der Waals surface area contributed by atoms with E-state index in [0.29, 0.717) is 0 Å². The van der Waals surface area contributed by atoms with Crippen LogP contribution in [0.15, 0.2) is 36.4 Å². The number of aromatic nitrogens is 2. The molecule has 102 valence electrons. The van der Waals surface area contributed by atoms with E-state index in [4.69, 9.17) is 9.97 Å². The first kappa shape index (κ1) is 13.0. The highest BCUT2D eigenvalue weighted by molar-refractivity contribution is 5.89. The molecule has 0 saturated carbocycles. The molecular weight excluding hydrogens is 244 g/mol. The zero-order chi connectivity index (χ0) is 14.3. The molecule has 0 spiro atoms. The molecule has 0 aliphatic carbocycles. The topological polar surface area (TPSA) is 25.8 Å². The summed E-state index contributed by atoms with van der Waals surface area (Å²) in [7, 11) is 0. The zero-order valence-corrected chi connectivity index (χ0v) is 12.6. The molecule has 2 nitrogen and oxygen atoms in total. The first-order valence-corrected chi connectivity index (χ1v) is 7.19. The lowest BCUT2D eigenvalue weighted by Gasteiger charge is -2.24. The van der Waals surface area contributed by atoms with Crippen LogP contribution in [0.3, 0.4) is 0 Å². The van der Waals surface area contributed by atoms with Gasteiger partial charge in [-0.3, -0.25) is 0 Å². The minimum absolute atomic E-state index is 0.0714. The van der Waals surface area contributed by atoms with Crippen molar-refractivity contribution < 1.29 is 0 Å². The molecule has 0 saturated heterocycles. The number of hydrogen-bond acceptors (Lipinski definition) is 2. The lowest BCUT2D eigenvalue weighted by molar-refractivity contribution is 0.588. The number of para-hydroxylation sites is 2. The Labute approximate surface area is 119 Å². The molecule has 0 fully saturated rings. The fourth-order valence-electron chi connectivity index (χ4n) is 2.86. The Morgan fingerprint density at radius 3 is 2.10 bits per heavy atom. The van der Waals surface area contributed by atoms with Crippen LogP contribution in [0.5, 0.6) is 0 Å². The van der Waals surface area contributed by atoms with Gasteiger partial charge in [0.25, 0.3) is 0 Å². The zero-order valence-electron chi connectivity index (χ0n) is 12.6. The molecule has 0 radical (unpaired) electrons. The maximum Gasteiger partial charge on any atom is 0.0934 e. The minimum Gasteiger partial charge on any atom is -0.244 e. The van der Waals surface area contributed by atoms with Crippen LogP contribution in [0.1, 0.15) is 38.8 Å². The molecule has 1 aromatic heterocycles. The van der Waals surface area contributed by atoms with Gasteiger partial charge in [0, 0.05) is 0 Å². The molecule has 20 heavy (non-hydrogen) atoms. The van der Waals surface area contributed by atoms with E-state index in [1.807, 2.05) is 24.3 Å². The number of nitrogens with zero attached hydrogens (tertiary/aromatic N) is 2. The Balaban J connectivity index is 2.46. The molecule has 0 atom stereocenters. The first-order chi connectivity index (χ1) is 9.50. The lowest BCUT2D eigenvalue weighted by atomic mass is 9.82. The van der Waals surface area contributed by atoms with E-state index < -0.39 is 0 Å². The Morgan fingerprint density at radius 2 is 1.50 bits per heavy atom. The van der Waals surface area contributed by atoms with Crippen molar-refractivity contribution in [3.8, 4) is 0 Å². The summed E-state index contributed by atoms with van der Waals surface area (Å²) < 4.78 is 0. The van der Waals surface area contributed by atoms with Gasteiger partial charge in [-0.25, -0.2) is 9.97 Å².